The van der Waals surface area contributed by atoms with Gasteiger partial charge in [0.1, 0.15) is 5.75 Å². The fraction of sp³-hybridized carbons (Fsp3) is 0.143. The lowest BCUT2D eigenvalue weighted by Gasteiger charge is -2.11. The summed E-state index contributed by atoms with van der Waals surface area (Å²) in [5.74, 6) is 1.59. The largest absolute Gasteiger partial charge is 0.497 e. The second-order valence-corrected chi connectivity index (χ2v) is 8.20. The van der Waals surface area contributed by atoms with Crippen LogP contribution in [0.5, 0.6) is 5.75 Å². The molecule has 0 atom stereocenters. The highest BCUT2D eigenvalue weighted by Crippen LogP contribution is 2.29. The molecule has 9 heteroatoms. The molecule has 0 fully saturated rings. The van der Waals surface area contributed by atoms with Crippen molar-refractivity contribution in [3.63, 3.8) is 0 Å². The van der Waals surface area contributed by atoms with Crippen LogP contribution < -0.4 is 10.1 Å². The van der Waals surface area contributed by atoms with Crippen LogP contribution in [0.25, 0.3) is 17.1 Å². The van der Waals surface area contributed by atoms with Crippen molar-refractivity contribution in [2.45, 2.75) is 11.7 Å². The lowest BCUT2D eigenvalue weighted by molar-refractivity contribution is -0.118. The Morgan fingerprint density at radius 3 is 2.80 bits per heavy atom. The topological polar surface area (TPSA) is 81.9 Å². The van der Waals surface area contributed by atoms with Crippen molar-refractivity contribution in [2.24, 2.45) is 0 Å². The van der Waals surface area contributed by atoms with Crippen molar-refractivity contribution in [3.8, 4) is 22.8 Å². The van der Waals surface area contributed by atoms with E-state index < -0.39 is 0 Å². The Bertz CT molecular complexity index is 1110. The Labute approximate surface area is 182 Å². The number of thiophene rings is 1. The summed E-state index contributed by atoms with van der Waals surface area (Å²) in [4.78, 5) is 17.5. The van der Waals surface area contributed by atoms with E-state index in [2.05, 4.69) is 20.5 Å². The molecule has 1 aromatic carbocycles. The average molecular weight is 438 g/mol. The summed E-state index contributed by atoms with van der Waals surface area (Å²) in [7, 11) is 1.63. The van der Waals surface area contributed by atoms with Gasteiger partial charge >= 0.3 is 0 Å². The summed E-state index contributed by atoms with van der Waals surface area (Å²) in [5, 5.41) is 14.3. The van der Waals surface area contributed by atoms with Crippen molar-refractivity contribution in [3.05, 3.63) is 71.2 Å². The van der Waals surface area contributed by atoms with Gasteiger partial charge in [-0.25, -0.2) is 0 Å². The number of hydrogen-bond acceptors (Lipinski definition) is 7. The highest BCUT2D eigenvalue weighted by molar-refractivity contribution is 7.99. The minimum absolute atomic E-state index is 0.0564. The molecule has 0 saturated carbocycles. The van der Waals surface area contributed by atoms with Crippen molar-refractivity contribution >= 4 is 29.0 Å². The number of carbonyl (C=O) groups excluding carboxylic acids is 1. The van der Waals surface area contributed by atoms with E-state index in [0.29, 0.717) is 17.5 Å². The third kappa shape index (κ3) is 4.69. The molecule has 0 spiro atoms. The van der Waals surface area contributed by atoms with E-state index in [4.69, 9.17) is 4.74 Å². The van der Waals surface area contributed by atoms with Crippen molar-refractivity contribution < 1.29 is 9.53 Å². The van der Waals surface area contributed by atoms with E-state index in [-0.39, 0.29) is 11.7 Å². The van der Waals surface area contributed by atoms with E-state index in [1.165, 1.54) is 11.8 Å². The molecule has 0 aliphatic rings. The summed E-state index contributed by atoms with van der Waals surface area (Å²) in [5.41, 5.74) is 1.74. The fourth-order valence-corrected chi connectivity index (χ4v) is 4.24. The third-order valence-corrected chi connectivity index (χ3v) is 6.06. The second-order valence-electron chi connectivity index (χ2n) is 6.22. The van der Waals surface area contributed by atoms with Crippen LogP contribution in [-0.4, -0.2) is 38.5 Å². The first-order valence-electron chi connectivity index (χ1n) is 9.16. The van der Waals surface area contributed by atoms with Crippen molar-refractivity contribution in [2.75, 3.05) is 12.9 Å². The Morgan fingerprint density at radius 1 is 1.17 bits per heavy atom. The summed E-state index contributed by atoms with van der Waals surface area (Å²) in [6, 6.07) is 15.4. The highest BCUT2D eigenvalue weighted by Gasteiger charge is 2.17. The van der Waals surface area contributed by atoms with Crippen molar-refractivity contribution in [1.29, 1.82) is 0 Å². The number of aromatic nitrogens is 4. The first kappa shape index (κ1) is 20.1. The number of pyridine rings is 1. The first-order chi connectivity index (χ1) is 14.7. The molecule has 0 aliphatic heterocycles. The molecular formula is C21H19N5O2S2. The van der Waals surface area contributed by atoms with Crippen LogP contribution in [-0.2, 0) is 11.3 Å². The lowest BCUT2D eigenvalue weighted by atomic mass is 10.2. The molecule has 7 nitrogen and oxygen atoms in total. The molecule has 0 radical (unpaired) electrons. The van der Waals surface area contributed by atoms with Crippen LogP contribution in [0.3, 0.4) is 0 Å². The maximum atomic E-state index is 12.3. The monoisotopic (exact) mass is 437 g/mol. The Balaban J connectivity index is 1.58. The predicted octanol–water partition coefficient (Wildman–Crippen LogP) is 3.81. The Hall–Kier alpha value is -3.17. The number of ether oxygens (including phenoxy) is 1. The van der Waals surface area contributed by atoms with Gasteiger partial charge in [0.15, 0.2) is 11.0 Å². The summed E-state index contributed by atoms with van der Waals surface area (Å²) >= 11 is 2.96. The van der Waals surface area contributed by atoms with Crippen LogP contribution in [0.1, 0.15) is 4.88 Å². The molecule has 0 unspecified atom stereocenters. The van der Waals surface area contributed by atoms with Gasteiger partial charge in [-0.2, -0.15) is 0 Å². The molecule has 30 heavy (non-hydrogen) atoms. The SMILES string of the molecule is COc1cccc(-n2c(SCC(=O)NCc3cccs3)nnc2-c2ccncc2)c1. The number of methoxy groups -OCH3 is 1. The van der Waals surface area contributed by atoms with Gasteiger partial charge < -0.3 is 10.1 Å². The third-order valence-electron chi connectivity index (χ3n) is 4.26. The van der Waals surface area contributed by atoms with Gasteiger partial charge in [-0.15, -0.1) is 21.5 Å². The predicted molar refractivity (Wildman–Crippen MR) is 118 cm³/mol. The molecule has 0 bridgehead atoms. The summed E-state index contributed by atoms with van der Waals surface area (Å²) < 4.78 is 7.30. The first-order valence-corrected chi connectivity index (χ1v) is 11.0. The van der Waals surface area contributed by atoms with Crippen LogP contribution in [0.4, 0.5) is 0 Å². The molecule has 4 aromatic rings. The number of benzene rings is 1. The van der Waals surface area contributed by atoms with E-state index in [1.807, 2.05) is 58.5 Å². The number of amides is 1. The van der Waals surface area contributed by atoms with Crippen LogP contribution in [0.2, 0.25) is 0 Å². The maximum Gasteiger partial charge on any atom is 0.230 e. The number of thioether (sulfide) groups is 1. The molecule has 3 aromatic heterocycles. The zero-order valence-electron chi connectivity index (χ0n) is 16.2. The smallest absolute Gasteiger partial charge is 0.230 e. The van der Waals surface area contributed by atoms with Crippen LogP contribution >= 0.6 is 23.1 Å². The zero-order chi connectivity index (χ0) is 20.8. The number of carbonyl (C=O) groups is 1. The maximum absolute atomic E-state index is 12.3. The number of nitrogens with one attached hydrogen (secondary N) is 1. The van der Waals surface area contributed by atoms with Crippen LogP contribution in [0, 0.1) is 0 Å². The Kier molecular flexibility index (Phi) is 6.41. The van der Waals surface area contributed by atoms with E-state index in [9.17, 15) is 4.79 Å². The van der Waals surface area contributed by atoms with Gasteiger partial charge in [-0.3, -0.25) is 14.3 Å². The molecule has 1 N–H and O–H groups in total. The molecule has 152 valence electrons. The van der Waals surface area contributed by atoms with E-state index in [1.54, 1.807) is 30.8 Å². The summed E-state index contributed by atoms with van der Waals surface area (Å²) in [6.45, 7) is 0.530. The minimum atomic E-state index is -0.0564. The highest BCUT2D eigenvalue weighted by atomic mass is 32.2. The van der Waals surface area contributed by atoms with Gasteiger partial charge in [0.05, 0.1) is 25.1 Å². The minimum Gasteiger partial charge on any atom is -0.497 e. The van der Waals surface area contributed by atoms with E-state index >= 15 is 0 Å². The van der Waals surface area contributed by atoms with Crippen molar-refractivity contribution in [1.82, 2.24) is 25.1 Å². The van der Waals surface area contributed by atoms with E-state index in [0.717, 1.165) is 21.9 Å². The Morgan fingerprint density at radius 2 is 2.03 bits per heavy atom. The second kappa shape index (κ2) is 9.55. The molecule has 0 saturated heterocycles. The van der Waals surface area contributed by atoms with Gasteiger partial charge in [-0.1, -0.05) is 23.9 Å². The van der Waals surface area contributed by atoms with Gasteiger partial charge in [0.25, 0.3) is 0 Å². The standard InChI is InChI=1S/C21H19N5O2S2/c1-28-17-5-2-4-16(12-17)26-20(15-7-9-22-10-8-15)24-25-21(26)30-14-19(27)23-13-18-6-3-11-29-18/h2-12H,13-14H2,1H3,(H,23,27). The van der Waals surface area contributed by atoms with Gasteiger partial charge in [0, 0.05) is 28.9 Å². The zero-order valence-corrected chi connectivity index (χ0v) is 17.8. The molecule has 1 amide bonds. The molecule has 4 rings (SSSR count). The normalized spacial score (nSPS) is 10.7. The molecular weight excluding hydrogens is 418 g/mol. The average Bonchev–Trinajstić information content (AvgIpc) is 3.47. The number of hydrogen-bond donors (Lipinski definition) is 1. The van der Waals surface area contributed by atoms with Crippen LogP contribution in [0.15, 0.2) is 71.5 Å². The summed E-state index contributed by atoms with van der Waals surface area (Å²) in [6.07, 6.45) is 3.43. The lowest BCUT2D eigenvalue weighted by Crippen LogP contribution is -2.24. The van der Waals surface area contributed by atoms with Gasteiger partial charge in [0.2, 0.25) is 5.91 Å². The van der Waals surface area contributed by atoms with Gasteiger partial charge in [-0.05, 0) is 35.7 Å². The fourth-order valence-electron chi connectivity index (χ4n) is 2.81. The molecule has 3 heterocycles. The number of rotatable bonds is 8. The molecule has 0 aliphatic carbocycles. The number of nitrogens with zero attached hydrogens (tertiary/aromatic N) is 4. The quantitative estimate of drug-likeness (QED) is 0.422.